The van der Waals surface area contributed by atoms with Crippen molar-refractivity contribution >= 4 is 51.7 Å². The van der Waals surface area contributed by atoms with Crippen molar-refractivity contribution in [2.45, 2.75) is 18.7 Å². The van der Waals surface area contributed by atoms with Gasteiger partial charge in [0.2, 0.25) is 0 Å². The van der Waals surface area contributed by atoms with Crippen LogP contribution in [0, 0.1) is 13.8 Å². The van der Waals surface area contributed by atoms with Gasteiger partial charge in [0.1, 0.15) is 11.5 Å². The molecule has 0 spiro atoms. The van der Waals surface area contributed by atoms with Gasteiger partial charge in [-0.25, -0.2) is 0 Å². The molecule has 0 aliphatic carbocycles. The van der Waals surface area contributed by atoms with E-state index >= 15 is 0 Å². The average Bonchev–Trinajstić information content (AvgIpc) is 2.75. The molecule has 4 rings (SSSR count). The molecule has 0 aliphatic rings. The summed E-state index contributed by atoms with van der Waals surface area (Å²) in [6.07, 6.45) is 0. The Hall–Kier alpha value is -2.70. The first-order chi connectivity index (χ1) is 14.6. The van der Waals surface area contributed by atoms with Gasteiger partial charge in [-0.1, -0.05) is 0 Å². The van der Waals surface area contributed by atoms with E-state index in [0.29, 0.717) is 0 Å². The van der Waals surface area contributed by atoms with Crippen molar-refractivity contribution in [2.75, 3.05) is 31.8 Å². The number of benzene rings is 2. The Morgan fingerprint density at radius 1 is 0.806 bits per heavy atom. The highest BCUT2D eigenvalue weighted by Crippen LogP contribution is 2.31. The maximum atomic E-state index is 5.40. The molecule has 1 N–H and O–H groups in total. The van der Waals surface area contributed by atoms with E-state index in [1.165, 1.54) is 4.90 Å². The quantitative estimate of drug-likeness (QED) is 0.270. The zero-order valence-corrected chi connectivity index (χ0v) is 19.7. The van der Waals surface area contributed by atoms with Gasteiger partial charge in [-0.05, 0) is 62.4 Å². The van der Waals surface area contributed by atoms with Gasteiger partial charge >= 0.3 is 0 Å². The van der Waals surface area contributed by atoms with E-state index in [0.717, 1.165) is 62.7 Å². The largest absolute Gasteiger partial charge is 0.497 e. The molecule has 2 aromatic carbocycles. The minimum atomic E-state index is 0. The predicted molar refractivity (Wildman–Crippen MR) is 133 cm³/mol. The zero-order chi connectivity index (χ0) is 21.1. The highest BCUT2D eigenvalue weighted by molar-refractivity contribution is 7.99. The molecule has 2 heterocycles. The summed E-state index contributed by atoms with van der Waals surface area (Å²) in [4.78, 5) is 10.5. The summed E-state index contributed by atoms with van der Waals surface area (Å²) >= 11 is 1.82. The van der Waals surface area contributed by atoms with Crippen molar-refractivity contribution in [3.63, 3.8) is 0 Å². The van der Waals surface area contributed by atoms with Crippen LogP contribution in [0.1, 0.15) is 11.4 Å². The molecule has 5 nitrogen and oxygen atoms in total. The molecular formula is C24H26ClN3O2S. The third kappa shape index (κ3) is 5.14. The number of thioether (sulfide) groups is 1. The predicted octanol–water partition coefficient (Wildman–Crippen LogP) is 6.04. The van der Waals surface area contributed by atoms with Crippen LogP contribution in [-0.4, -0.2) is 36.5 Å². The number of nitrogens with one attached hydrogen (secondary N) is 1. The molecule has 0 atom stereocenters. The van der Waals surface area contributed by atoms with Crippen LogP contribution in [0.5, 0.6) is 11.5 Å². The molecule has 162 valence electrons. The van der Waals surface area contributed by atoms with Gasteiger partial charge in [-0.2, -0.15) is 0 Å². The van der Waals surface area contributed by atoms with E-state index in [4.69, 9.17) is 9.47 Å². The number of hydrogen-bond acceptors (Lipinski definition) is 6. The van der Waals surface area contributed by atoms with Crippen molar-refractivity contribution in [1.82, 2.24) is 9.97 Å². The highest BCUT2D eigenvalue weighted by atomic mass is 35.5. The van der Waals surface area contributed by atoms with Gasteiger partial charge in [0.15, 0.2) is 0 Å². The first kappa shape index (κ1) is 23.0. The van der Waals surface area contributed by atoms with Gasteiger partial charge in [0.05, 0.1) is 25.3 Å². The third-order valence-electron chi connectivity index (χ3n) is 4.92. The number of fused-ring (bicyclic) bond motifs is 2. The summed E-state index contributed by atoms with van der Waals surface area (Å²) in [6, 6.07) is 16.2. The summed E-state index contributed by atoms with van der Waals surface area (Å²) < 4.78 is 10.8. The van der Waals surface area contributed by atoms with Crippen molar-refractivity contribution in [3.05, 3.63) is 59.9 Å². The lowest BCUT2D eigenvalue weighted by Crippen LogP contribution is -2.05. The topological polar surface area (TPSA) is 56.3 Å². The Kier molecular flexibility index (Phi) is 7.46. The lowest BCUT2D eigenvalue weighted by atomic mass is 10.1. The first-order valence-electron chi connectivity index (χ1n) is 9.85. The number of aryl methyl sites for hydroxylation is 2. The van der Waals surface area contributed by atoms with E-state index in [9.17, 15) is 0 Å². The molecule has 0 unspecified atom stereocenters. The number of anilines is 1. The monoisotopic (exact) mass is 455 g/mol. The smallest absolute Gasteiger partial charge is 0.119 e. The summed E-state index contributed by atoms with van der Waals surface area (Å²) in [5.74, 6) is 2.60. The fourth-order valence-electron chi connectivity index (χ4n) is 3.50. The lowest BCUT2D eigenvalue weighted by molar-refractivity contribution is 0.415. The van der Waals surface area contributed by atoms with Crippen LogP contribution in [-0.2, 0) is 0 Å². The minimum absolute atomic E-state index is 0. The SMILES string of the molecule is COc1ccc2nc(C)cc(NCCSc3cc(C)nc4ccc(OC)cc34)c2c1.Cl. The molecular weight excluding hydrogens is 430 g/mol. The Morgan fingerprint density at radius 3 is 2.03 bits per heavy atom. The summed E-state index contributed by atoms with van der Waals surface area (Å²) in [5.41, 5.74) is 5.05. The average molecular weight is 456 g/mol. The molecule has 4 aromatic rings. The van der Waals surface area contributed by atoms with Crippen molar-refractivity contribution in [1.29, 1.82) is 0 Å². The first-order valence-corrected chi connectivity index (χ1v) is 10.8. The maximum Gasteiger partial charge on any atom is 0.119 e. The Labute approximate surface area is 193 Å². The van der Waals surface area contributed by atoms with Crippen LogP contribution in [0.3, 0.4) is 0 Å². The number of aromatic nitrogens is 2. The molecule has 0 fully saturated rings. The Bertz CT molecular complexity index is 1120. The Morgan fingerprint density at radius 2 is 1.39 bits per heavy atom. The van der Waals surface area contributed by atoms with Crippen LogP contribution >= 0.6 is 24.2 Å². The molecule has 7 heteroatoms. The molecule has 2 aromatic heterocycles. The van der Waals surface area contributed by atoms with Crippen LogP contribution < -0.4 is 14.8 Å². The molecule has 0 aliphatic heterocycles. The number of rotatable bonds is 7. The van der Waals surface area contributed by atoms with Gasteiger partial charge < -0.3 is 14.8 Å². The van der Waals surface area contributed by atoms with Gasteiger partial charge in [0, 0.05) is 45.0 Å². The van der Waals surface area contributed by atoms with Crippen molar-refractivity contribution in [2.24, 2.45) is 0 Å². The Balaban J connectivity index is 0.00000272. The second-order valence-corrected chi connectivity index (χ2v) is 8.25. The van der Waals surface area contributed by atoms with Gasteiger partial charge in [-0.15, -0.1) is 24.2 Å². The van der Waals surface area contributed by atoms with E-state index in [1.807, 2.05) is 55.9 Å². The standard InChI is InChI=1S/C24H25N3O2S.ClH/c1-15-11-23(19-13-17(28-3)5-7-21(19)26-15)25-9-10-30-24-12-16(2)27-22-8-6-18(29-4)14-20(22)24;/h5-8,11-14H,9-10H2,1-4H3,(H,25,26);1H. The zero-order valence-electron chi connectivity index (χ0n) is 18.1. The normalized spacial score (nSPS) is 10.7. The second-order valence-electron chi connectivity index (χ2n) is 7.11. The molecule has 0 saturated carbocycles. The van der Waals surface area contributed by atoms with Crippen molar-refractivity contribution < 1.29 is 9.47 Å². The van der Waals surface area contributed by atoms with E-state index in [-0.39, 0.29) is 12.4 Å². The molecule has 0 saturated heterocycles. The molecule has 0 radical (unpaired) electrons. The highest BCUT2D eigenvalue weighted by Gasteiger charge is 2.08. The van der Waals surface area contributed by atoms with E-state index in [1.54, 1.807) is 14.2 Å². The van der Waals surface area contributed by atoms with Crippen LogP contribution in [0.25, 0.3) is 21.8 Å². The number of methoxy groups -OCH3 is 2. The van der Waals surface area contributed by atoms with Gasteiger partial charge in [-0.3, -0.25) is 9.97 Å². The number of nitrogens with zero attached hydrogens (tertiary/aromatic N) is 2. The van der Waals surface area contributed by atoms with Gasteiger partial charge in [0.25, 0.3) is 0 Å². The van der Waals surface area contributed by atoms with E-state index in [2.05, 4.69) is 33.5 Å². The second kappa shape index (κ2) is 10.1. The third-order valence-corrected chi connectivity index (χ3v) is 5.98. The molecule has 31 heavy (non-hydrogen) atoms. The fourth-order valence-corrected chi connectivity index (χ4v) is 4.50. The molecule has 0 bridgehead atoms. The summed E-state index contributed by atoms with van der Waals surface area (Å²) in [5, 5.41) is 5.77. The van der Waals surface area contributed by atoms with E-state index < -0.39 is 0 Å². The lowest BCUT2D eigenvalue weighted by Gasteiger charge is -2.13. The number of ether oxygens (including phenoxy) is 2. The summed E-state index contributed by atoms with van der Waals surface area (Å²) in [6.45, 7) is 4.88. The fraction of sp³-hybridized carbons (Fsp3) is 0.250. The maximum absolute atomic E-state index is 5.40. The number of hydrogen-bond donors (Lipinski definition) is 1. The number of halogens is 1. The number of pyridine rings is 2. The van der Waals surface area contributed by atoms with Crippen molar-refractivity contribution in [3.8, 4) is 11.5 Å². The summed E-state index contributed by atoms with van der Waals surface area (Å²) in [7, 11) is 3.37. The molecule has 0 amide bonds. The van der Waals surface area contributed by atoms with Crippen LogP contribution in [0.15, 0.2) is 53.4 Å². The van der Waals surface area contributed by atoms with Crippen LogP contribution in [0.4, 0.5) is 5.69 Å². The van der Waals surface area contributed by atoms with Crippen LogP contribution in [0.2, 0.25) is 0 Å². The minimum Gasteiger partial charge on any atom is -0.497 e.